The number of nitrogens with one attached hydrogen (secondary N) is 1. The second-order valence-electron chi connectivity index (χ2n) is 6.35. The number of amides is 1. The number of nitrogens with two attached hydrogens (primary N) is 1. The van der Waals surface area contributed by atoms with Crippen LogP contribution in [0.2, 0.25) is 0 Å². The van der Waals surface area contributed by atoms with Crippen molar-refractivity contribution < 1.29 is 4.79 Å². The molecule has 1 aromatic carbocycles. The summed E-state index contributed by atoms with van der Waals surface area (Å²) in [5.74, 6) is 0.0937. The van der Waals surface area contributed by atoms with Crippen molar-refractivity contribution in [3.8, 4) is 0 Å². The number of nitrogens with zero attached hydrogens (tertiary/aromatic N) is 1. The zero-order chi connectivity index (χ0) is 15.9. The number of carbonyl (C=O) groups is 1. The molecule has 2 atom stereocenters. The summed E-state index contributed by atoms with van der Waals surface area (Å²) in [7, 11) is 0. The lowest BCUT2D eigenvalue weighted by Gasteiger charge is -2.23. The molecule has 1 aromatic rings. The van der Waals surface area contributed by atoms with Crippen molar-refractivity contribution in [2.75, 3.05) is 23.3 Å². The summed E-state index contributed by atoms with van der Waals surface area (Å²) in [5.41, 5.74) is 8.03. The van der Waals surface area contributed by atoms with E-state index in [2.05, 4.69) is 29.3 Å². The molecule has 0 bridgehead atoms. The molecule has 2 rings (SSSR count). The minimum Gasteiger partial charge on any atom is -0.371 e. The molecule has 23 heavy (non-hydrogen) atoms. The van der Waals surface area contributed by atoms with E-state index in [0.29, 0.717) is 0 Å². The van der Waals surface area contributed by atoms with Crippen LogP contribution in [0.4, 0.5) is 11.4 Å². The molecule has 1 aliphatic heterocycles. The molecule has 4 nitrogen and oxygen atoms in total. The van der Waals surface area contributed by atoms with Gasteiger partial charge in [0.2, 0.25) is 5.91 Å². The first kappa shape index (κ1) is 19.8. The Bertz CT molecular complexity index is 487. The van der Waals surface area contributed by atoms with E-state index in [1.54, 1.807) is 0 Å². The van der Waals surface area contributed by atoms with E-state index in [1.807, 2.05) is 19.1 Å². The lowest BCUT2D eigenvalue weighted by Crippen LogP contribution is -2.40. The van der Waals surface area contributed by atoms with Crippen LogP contribution in [0.25, 0.3) is 0 Å². The molecule has 0 saturated carbocycles. The van der Waals surface area contributed by atoms with Crippen molar-refractivity contribution in [2.24, 2.45) is 11.7 Å². The molecule has 0 spiro atoms. The fourth-order valence-corrected chi connectivity index (χ4v) is 2.85. The predicted octanol–water partition coefficient (Wildman–Crippen LogP) is 3.80. The van der Waals surface area contributed by atoms with Gasteiger partial charge in [-0.05, 0) is 37.0 Å². The van der Waals surface area contributed by atoms with Gasteiger partial charge in [0.1, 0.15) is 0 Å². The average molecular weight is 340 g/mol. The van der Waals surface area contributed by atoms with Gasteiger partial charge in [-0.1, -0.05) is 39.2 Å². The molecular formula is C18H30ClN3O. The Labute approximate surface area is 146 Å². The molecule has 0 aromatic heterocycles. The van der Waals surface area contributed by atoms with Crippen molar-refractivity contribution in [1.29, 1.82) is 0 Å². The lowest BCUT2D eigenvalue weighted by molar-refractivity contribution is -0.118. The zero-order valence-electron chi connectivity index (χ0n) is 14.3. The minimum atomic E-state index is -0.452. The van der Waals surface area contributed by atoms with Gasteiger partial charge in [-0.25, -0.2) is 0 Å². The third kappa shape index (κ3) is 5.70. The minimum absolute atomic E-state index is 0. The van der Waals surface area contributed by atoms with Gasteiger partial charge in [0.15, 0.2) is 0 Å². The summed E-state index contributed by atoms with van der Waals surface area (Å²) in [6.45, 7) is 6.27. The van der Waals surface area contributed by atoms with E-state index in [-0.39, 0.29) is 24.2 Å². The van der Waals surface area contributed by atoms with E-state index in [9.17, 15) is 4.79 Å². The average Bonchev–Trinajstić information content (AvgIpc) is 2.82. The normalized spacial score (nSPS) is 17.6. The first-order valence-corrected chi connectivity index (χ1v) is 8.53. The number of benzene rings is 1. The summed E-state index contributed by atoms with van der Waals surface area (Å²) in [5, 5.41) is 2.96. The van der Waals surface area contributed by atoms with E-state index >= 15 is 0 Å². The van der Waals surface area contributed by atoms with Crippen molar-refractivity contribution in [3.63, 3.8) is 0 Å². The molecule has 3 N–H and O–H groups in total. The smallest absolute Gasteiger partial charge is 0.241 e. The number of halogens is 1. The van der Waals surface area contributed by atoms with E-state index in [4.69, 9.17) is 5.73 Å². The van der Waals surface area contributed by atoms with Crippen LogP contribution in [0.15, 0.2) is 24.3 Å². The molecule has 130 valence electrons. The van der Waals surface area contributed by atoms with Crippen LogP contribution in [-0.4, -0.2) is 25.0 Å². The number of rotatable bonds is 5. The third-order valence-electron chi connectivity index (χ3n) is 4.64. The molecular weight excluding hydrogens is 310 g/mol. The highest BCUT2D eigenvalue weighted by Crippen LogP contribution is 2.23. The molecule has 2 unspecified atom stereocenters. The Kier molecular flexibility index (Phi) is 8.42. The molecule has 5 heteroatoms. The van der Waals surface area contributed by atoms with Crippen LogP contribution in [-0.2, 0) is 4.79 Å². The van der Waals surface area contributed by atoms with Gasteiger partial charge >= 0.3 is 0 Å². The zero-order valence-corrected chi connectivity index (χ0v) is 15.1. The fourth-order valence-electron chi connectivity index (χ4n) is 2.85. The highest BCUT2D eigenvalue weighted by atomic mass is 35.5. The predicted molar refractivity (Wildman–Crippen MR) is 100 cm³/mol. The Morgan fingerprint density at radius 2 is 1.91 bits per heavy atom. The highest BCUT2D eigenvalue weighted by molar-refractivity contribution is 5.95. The topological polar surface area (TPSA) is 58.4 Å². The molecule has 1 saturated heterocycles. The summed E-state index contributed by atoms with van der Waals surface area (Å²) >= 11 is 0. The second-order valence-corrected chi connectivity index (χ2v) is 6.35. The molecule has 1 amide bonds. The van der Waals surface area contributed by atoms with Crippen molar-refractivity contribution in [2.45, 2.75) is 52.0 Å². The molecule has 0 aliphatic carbocycles. The molecule has 1 aliphatic rings. The highest BCUT2D eigenvalue weighted by Gasteiger charge is 2.19. The van der Waals surface area contributed by atoms with Gasteiger partial charge < -0.3 is 16.0 Å². The third-order valence-corrected chi connectivity index (χ3v) is 4.64. The first-order chi connectivity index (χ1) is 10.6. The van der Waals surface area contributed by atoms with Crippen LogP contribution in [0.5, 0.6) is 0 Å². The SMILES string of the molecule is CCC(C)C(N)C(=O)Nc1cccc(N2CCCCCC2)c1.Cl. The van der Waals surface area contributed by atoms with Crippen LogP contribution >= 0.6 is 12.4 Å². The maximum Gasteiger partial charge on any atom is 0.241 e. The summed E-state index contributed by atoms with van der Waals surface area (Å²) in [6.07, 6.45) is 6.03. The molecule has 1 fully saturated rings. The first-order valence-electron chi connectivity index (χ1n) is 8.53. The maximum atomic E-state index is 12.2. The quantitative estimate of drug-likeness (QED) is 0.857. The number of carbonyl (C=O) groups excluding carboxylic acids is 1. The number of hydrogen-bond donors (Lipinski definition) is 2. The van der Waals surface area contributed by atoms with E-state index in [1.165, 1.54) is 31.4 Å². The van der Waals surface area contributed by atoms with Crippen LogP contribution in [0, 0.1) is 5.92 Å². The van der Waals surface area contributed by atoms with Gasteiger partial charge in [0, 0.05) is 24.5 Å². The van der Waals surface area contributed by atoms with Gasteiger partial charge in [-0.2, -0.15) is 0 Å². The maximum absolute atomic E-state index is 12.2. The summed E-state index contributed by atoms with van der Waals surface area (Å²) in [4.78, 5) is 14.6. The van der Waals surface area contributed by atoms with Crippen molar-refractivity contribution in [3.05, 3.63) is 24.3 Å². The van der Waals surface area contributed by atoms with Crippen LogP contribution in [0.1, 0.15) is 46.0 Å². The van der Waals surface area contributed by atoms with E-state index < -0.39 is 6.04 Å². The van der Waals surface area contributed by atoms with Gasteiger partial charge in [0.25, 0.3) is 0 Å². The number of anilines is 2. The fraction of sp³-hybridized carbons (Fsp3) is 0.611. The molecule has 0 radical (unpaired) electrons. The monoisotopic (exact) mass is 339 g/mol. The molecule has 1 heterocycles. The Hall–Kier alpha value is -1.26. The Morgan fingerprint density at radius 3 is 2.52 bits per heavy atom. The Morgan fingerprint density at radius 1 is 1.26 bits per heavy atom. The Balaban J connectivity index is 0.00000264. The van der Waals surface area contributed by atoms with Gasteiger partial charge in [-0.15, -0.1) is 12.4 Å². The summed E-state index contributed by atoms with van der Waals surface area (Å²) < 4.78 is 0. The van der Waals surface area contributed by atoms with Crippen LogP contribution in [0.3, 0.4) is 0 Å². The summed E-state index contributed by atoms with van der Waals surface area (Å²) in [6, 6.07) is 7.67. The van der Waals surface area contributed by atoms with Gasteiger partial charge in [-0.3, -0.25) is 4.79 Å². The number of hydrogen-bond acceptors (Lipinski definition) is 3. The second kappa shape index (κ2) is 9.78. The lowest BCUT2D eigenvalue weighted by atomic mass is 9.99. The van der Waals surface area contributed by atoms with Crippen molar-refractivity contribution >= 4 is 29.7 Å². The van der Waals surface area contributed by atoms with Gasteiger partial charge in [0.05, 0.1) is 6.04 Å². The standard InChI is InChI=1S/C18H29N3O.ClH/c1-3-14(2)17(19)18(22)20-15-9-8-10-16(13-15)21-11-6-4-5-7-12-21;/h8-10,13-14,17H,3-7,11-12,19H2,1-2H3,(H,20,22);1H. The van der Waals surface area contributed by atoms with Crippen LogP contribution < -0.4 is 16.0 Å². The largest absolute Gasteiger partial charge is 0.371 e. The van der Waals surface area contributed by atoms with Crippen molar-refractivity contribution in [1.82, 2.24) is 0 Å². The van der Waals surface area contributed by atoms with E-state index in [0.717, 1.165) is 25.2 Å².